The number of carbonyl (C=O) groups is 1. The van der Waals surface area contributed by atoms with Gasteiger partial charge in [0.2, 0.25) is 0 Å². The third kappa shape index (κ3) is 9.84. The van der Waals surface area contributed by atoms with Crippen molar-refractivity contribution in [2.45, 2.75) is 45.7 Å². The van der Waals surface area contributed by atoms with Gasteiger partial charge in [0.15, 0.2) is 0 Å². The minimum absolute atomic E-state index is 0. The molecule has 0 bridgehead atoms. The zero-order valence-electron chi connectivity index (χ0n) is 8.22. The molecule has 0 rings (SSSR count). The third-order valence-corrected chi connectivity index (χ3v) is 1.46. The van der Waals surface area contributed by atoms with Gasteiger partial charge in [0.1, 0.15) is 5.78 Å². The van der Waals surface area contributed by atoms with Crippen LogP contribution in [0.1, 0.15) is 33.6 Å². The first kappa shape index (κ1) is 15.4. The Kier molecular flexibility index (Phi) is 10.1. The van der Waals surface area contributed by atoms with Gasteiger partial charge in [0, 0.05) is 25.9 Å². The van der Waals surface area contributed by atoms with Crippen molar-refractivity contribution in [1.82, 2.24) is 5.32 Å². The second-order valence-corrected chi connectivity index (χ2v) is 3.23. The Morgan fingerprint density at radius 1 is 1.46 bits per heavy atom. The molecular formula is C9H16NO2Rh-. The Balaban J connectivity index is 0. The molecule has 0 saturated heterocycles. The van der Waals surface area contributed by atoms with Crippen molar-refractivity contribution >= 4 is 12.1 Å². The van der Waals surface area contributed by atoms with E-state index in [0.29, 0.717) is 12.8 Å². The SMILES string of the molecule is CC(=O)CC[C@@H]([C-]=O)NC(C)C.[Rh]. The van der Waals surface area contributed by atoms with Crippen molar-refractivity contribution in [3.63, 3.8) is 0 Å². The van der Waals surface area contributed by atoms with Crippen molar-refractivity contribution in [3.8, 4) is 0 Å². The van der Waals surface area contributed by atoms with Crippen LogP contribution in [0.3, 0.4) is 0 Å². The summed E-state index contributed by atoms with van der Waals surface area (Å²) < 4.78 is 0. The monoisotopic (exact) mass is 273 g/mol. The van der Waals surface area contributed by atoms with E-state index >= 15 is 0 Å². The summed E-state index contributed by atoms with van der Waals surface area (Å²) in [5, 5.41) is 3.01. The second-order valence-electron chi connectivity index (χ2n) is 3.23. The van der Waals surface area contributed by atoms with Gasteiger partial charge in [-0.2, -0.15) is 0 Å². The van der Waals surface area contributed by atoms with E-state index in [4.69, 9.17) is 0 Å². The molecular weight excluding hydrogens is 257 g/mol. The minimum Gasteiger partial charge on any atom is -0.540 e. The Bertz CT molecular complexity index is 160. The zero-order chi connectivity index (χ0) is 9.56. The summed E-state index contributed by atoms with van der Waals surface area (Å²) in [7, 11) is 0. The van der Waals surface area contributed by atoms with E-state index < -0.39 is 0 Å². The van der Waals surface area contributed by atoms with Crippen LogP contribution in [-0.4, -0.2) is 24.2 Å². The van der Waals surface area contributed by atoms with Crippen LogP contribution in [0.2, 0.25) is 0 Å². The minimum atomic E-state index is -0.297. The van der Waals surface area contributed by atoms with Crippen LogP contribution in [0.4, 0.5) is 0 Å². The van der Waals surface area contributed by atoms with Crippen LogP contribution < -0.4 is 5.32 Å². The van der Waals surface area contributed by atoms with Crippen LogP contribution in [0, 0.1) is 0 Å². The third-order valence-electron chi connectivity index (χ3n) is 1.46. The summed E-state index contributed by atoms with van der Waals surface area (Å²) in [5.74, 6) is 0.112. The predicted octanol–water partition coefficient (Wildman–Crippen LogP) is 0.829. The molecule has 0 unspecified atom stereocenters. The number of ketones is 1. The molecule has 0 aliphatic carbocycles. The van der Waals surface area contributed by atoms with E-state index in [1.54, 1.807) is 0 Å². The van der Waals surface area contributed by atoms with Gasteiger partial charge in [-0.1, -0.05) is 26.3 Å². The first-order valence-corrected chi connectivity index (χ1v) is 4.19. The number of nitrogens with one attached hydrogen (secondary N) is 1. The van der Waals surface area contributed by atoms with Gasteiger partial charge in [-0.3, -0.25) is 0 Å². The normalized spacial score (nSPS) is 12.0. The first-order valence-electron chi connectivity index (χ1n) is 4.19. The molecule has 0 aliphatic rings. The number of hydrogen-bond donors (Lipinski definition) is 1. The van der Waals surface area contributed by atoms with Crippen LogP contribution >= 0.6 is 0 Å². The number of carbonyl (C=O) groups excluding carboxylic acids is 2. The van der Waals surface area contributed by atoms with E-state index in [9.17, 15) is 9.59 Å². The average Bonchev–Trinajstić information content (AvgIpc) is 1.97. The van der Waals surface area contributed by atoms with Gasteiger partial charge >= 0.3 is 0 Å². The van der Waals surface area contributed by atoms with Crippen molar-refractivity contribution in [1.29, 1.82) is 0 Å². The van der Waals surface area contributed by atoms with Crippen molar-refractivity contribution in [2.24, 2.45) is 0 Å². The van der Waals surface area contributed by atoms with Crippen LogP contribution in [0.5, 0.6) is 0 Å². The molecule has 1 radical (unpaired) electrons. The maximum Gasteiger partial charge on any atom is 0.129 e. The quantitative estimate of drug-likeness (QED) is 0.576. The molecule has 13 heavy (non-hydrogen) atoms. The van der Waals surface area contributed by atoms with Gasteiger partial charge in [0.25, 0.3) is 0 Å². The molecule has 0 heterocycles. The Labute approximate surface area is 92.4 Å². The van der Waals surface area contributed by atoms with E-state index in [1.807, 2.05) is 20.1 Å². The summed E-state index contributed by atoms with van der Waals surface area (Å²) in [5.41, 5.74) is 0. The van der Waals surface area contributed by atoms with Crippen LogP contribution in [0.25, 0.3) is 0 Å². The number of rotatable bonds is 6. The fraction of sp³-hybridized carbons (Fsp3) is 0.778. The zero-order valence-corrected chi connectivity index (χ0v) is 9.86. The molecule has 0 aliphatic heterocycles. The Hall–Kier alpha value is -0.0766. The summed E-state index contributed by atoms with van der Waals surface area (Å²) in [6, 6.07) is -0.0442. The molecule has 0 amide bonds. The first-order chi connectivity index (χ1) is 5.56. The number of Topliss-reactive ketones (excluding diaryl/α,β-unsaturated/α-hetero) is 1. The summed E-state index contributed by atoms with van der Waals surface area (Å²) >= 11 is 0. The van der Waals surface area contributed by atoms with Gasteiger partial charge in [-0.25, -0.2) is 6.29 Å². The molecule has 4 heteroatoms. The van der Waals surface area contributed by atoms with E-state index in [1.165, 1.54) is 6.92 Å². The molecule has 0 saturated carbocycles. The maximum absolute atomic E-state index is 10.6. The Morgan fingerprint density at radius 3 is 2.31 bits per heavy atom. The average molecular weight is 273 g/mol. The molecule has 0 fully saturated rings. The molecule has 0 aromatic carbocycles. The molecule has 79 valence electrons. The standard InChI is InChI=1S/C9H16NO2.Rh/c1-7(2)10-9(6-11)5-4-8(3)12;/h7,9-10H,4-5H2,1-3H3;/q-1;/t9-;/m0./s1. The largest absolute Gasteiger partial charge is 0.540 e. The topological polar surface area (TPSA) is 46.2 Å². The molecule has 0 aromatic heterocycles. The summed E-state index contributed by atoms with van der Waals surface area (Å²) in [6.45, 7) is 5.44. The molecule has 1 atom stereocenters. The molecule has 0 spiro atoms. The van der Waals surface area contributed by atoms with Gasteiger partial charge in [-0.05, 0) is 13.0 Å². The number of hydrogen-bond acceptors (Lipinski definition) is 3. The Morgan fingerprint density at radius 2 is 2.00 bits per heavy atom. The van der Waals surface area contributed by atoms with Gasteiger partial charge in [0.05, 0.1) is 0 Å². The van der Waals surface area contributed by atoms with Crippen LogP contribution in [0.15, 0.2) is 0 Å². The smallest absolute Gasteiger partial charge is 0.129 e. The second kappa shape index (κ2) is 8.52. The fourth-order valence-corrected chi connectivity index (χ4v) is 0.926. The fourth-order valence-electron chi connectivity index (χ4n) is 0.926. The molecule has 1 N–H and O–H groups in total. The summed E-state index contributed by atoms with van der Waals surface area (Å²) in [6.07, 6.45) is 2.87. The van der Waals surface area contributed by atoms with Gasteiger partial charge < -0.3 is 14.9 Å². The maximum atomic E-state index is 10.6. The predicted molar refractivity (Wildman–Crippen MR) is 47.7 cm³/mol. The molecule has 0 aromatic rings. The van der Waals surface area contributed by atoms with Crippen LogP contribution in [-0.2, 0) is 29.1 Å². The van der Waals surface area contributed by atoms with Gasteiger partial charge in [-0.15, -0.1) is 0 Å². The van der Waals surface area contributed by atoms with Crippen molar-refractivity contribution in [2.75, 3.05) is 0 Å². The van der Waals surface area contributed by atoms with E-state index in [0.717, 1.165) is 0 Å². The van der Waals surface area contributed by atoms with E-state index in [2.05, 4.69) is 5.32 Å². The molecule has 3 nitrogen and oxygen atoms in total. The van der Waals surface area contributed by atoms with Crippen molar-refractivity contribution in [3.05, 3.63) is 0 Å². The van der Waals surface area contributed by atoms with E-state index in [-0.39, 0.29) is 37.3 Å². The summed E-state index contributed by atoms with van der Waals surface area (Å²) in [4.78, 5) is 20.9. The van der Waals surface area contributed by atoms with Crippen molar-refractivity contribution < 1.29 is 29.1 Å².